The molecule has 0 aromatic carbocycles. The first-order valence-corrected chi connectivity index (χ1v) is 6.97. The first-order chi connectivity index (χ1) is 10.3. The van der Waals surface area contributed by atoms with E-state index in [1.165, 1.54) is 0 Å². The van der Waals surface area contributed by atoms with Crippen molar-refractivity contribution in [2.45, 2.75) is 19.1 Å². The van der Waals surface area contributed by atoms with E-state index in [-0.39, 0.29) is 6.10 Å². The molecule has 2 aromatic heterocycles. The third-order valence-corrected chi connectivity index (χ3v) is 3.58. The minimum absolute atomic E-state index is 0.218. The van der Waals surface area contributed by atoms with Crippen LogP contribution in [0.2, 0.25) is 0 Å². The van der Waals surface area contributed by atoms with Crippen LogP contribution >= 0.6 is 0 Å². The summed E-state index contributed by atoms with van der Waals surface area (Å²) in [5, 5.41) is 8.79. The van der Waals surface area contributed by atoms with Crippen molar-refractivity contribution in [1.82, 2.24) is 9.97 Å². The van der Waals surface area contributed by atoms with Crippen LogP contribution in [0.5, 0.6) is 0 Å². The van der Waals surface area contributed by atoms with Crippen LogP contribution in [0.1, 0.15) is 17.5 Å². The van der Waals surface area contributed by atoms with Crippen LogP contribution in [0.3, 0.4) is 0 Å². The van der Waals surface area contributed by atoms with Crippen LogP contribution in [0.25, 0.3) is 0 Å². The van der Waals surface area contributed by atoms with Gasteiger partial charge in [0.25, 0.3) is 0 Å². The second-order valence-electron chi connectivity index (χ2n) is 5.04. The van der Waals surface area contributed by atoms with Crippen molar-refractivity contribution < 1.29 is 4.74 Å². The molecule has 1 aliphatic heterocycles. The molecule has 5 heteroatoms. The second kappa shape index (κ2) is 6.33. The van der Waals surface area contributed by atoms with Crippen molar-refractivity contribution in [1.29, 1.82) is 5.26 Å². The molecule has 2 aromatic rings. The molecule has 1 atom stereocenters. The van der Waals surface area contributed by atoms with Crippen LogP contribution in [0, 0.1) is 11.3 Å². The zero-order valence-corrected chi connectivity index (χ0v) is 11.6. The zero-order valence-electron chi connectivity index (χ0n) is 11.6. The molecule has 5 nitrogen and oxygen atoms in total. The van der Waals surface area contributed by atoms with Gasteiger partial charge in [-0.1, -0.05) is 0 Å². The molecule has 0 N–H and O–H groups in total. The monoisotopic (exact) mass is 280 g/mol. The number of nitrogens with zero attached hydrogens (tertiary/aromatic N) is 4. The average Bonchev–Trinajstić information content (AvgIpc) is 3.03. The lowest BCUT2D eigenvalue weighted by Gasteiger charge is -2.17. The van der Waals surface area contributed by atoms with Gasteiger partial charge in [-0.05, 0) is 36.2 Å². The molecule has 3 heterocycles. The maximum Gasteiger partial charge on any atom is 0.128 e. The summed E-state index contributed by atoms with van der Waals surface area (Å²) in [6.45, 7) is 2.38. The summed E-state index contributed by atoms with van der Waals surface area (Å²) < 4.78 is 5.94. The van der Waals surface area contributed by atoms with Crippen molar-refractivity contribution in [2.75, 3.05) is 18.0 Å². The lowest BCUT2D eigenvalue weighted by molar-refractivity contribution is 0.0553. The third-order valence-electron chi connectivity index (χ3n) is 3.58. The standard InChI is InChI=1S/C16H16N4O/c17-9-14-1-2-16(19-10-14)20-8-5-15(11-20)21-12-13-3-6-18-7-4-13/h1-4,6-7,10,15H,5,8,11-12H2. The highest BCUT2D eigenvalue weighted by Gasteiger charge is 2.23. The Bertz CT molecular complexity index is 621. The quantitative estimate of drug-likeness (QED) is 0.858. The van der Waals surface area contributed by atoms with E-state index < -0.39 is 0 Å². The molecular weight excluding hydrogens is 264 g/mol. The van der Waals surface area contributed by atoms with E-state index in [4.69, 9.17) is 10.00 Å². The van der Waals surface area contributed by atoms with E-state index in [1.54, 1.807) is 24.7 Å². The molecule has 0 saturated carbocycles. The molecule has 21 heavy (non-hydrogen) atoms. The molecule has 1 unspecified atom stereocenters. The fraction of sp³-hybridized carbons (Fsp3) is 0.312. The largest absolute Gasteiger partial charge is 0.372 e. The smallest absolute Gasteiger partial charge is 0.128 e. The van der Waals surface area contributed by atoms with Gasteiger partial charge in [0.1, 0.15) is 11.9 Å². The Hall–Kier alpha value is -2.45. The molecule has 3 rings (SSSR count). The van der Waals surface area contributed by atoms with E-state index >= 15 is 0 Å². The maximum absolute atomic E-state index is 8.79. The Morgan fingerprint density at radius 1 is 1.29 bits per heavy atom. The van der Waals surface area contributed by atoms with Gasteiger partial charge in [0.15, 0.2) is 0 Å². The number of rotatable bonds is 4. The lowest BCUT2D eigenvalue weighted by atomic mass is 10.3. The Morgan fingerprint density at radius 2 is 2.14 bits per heavy atom. The molecule has 0 bridgehead atoms. The first kappa shape index (κ1) is 13.5. The van der Waals surface area contributed by atoms with Crippen LogP contribution in [-0.2, 0) is 11.3 Å². The molecule has 106 valence electrons. The van der Waals surface area contributed by atoms with E-state index in [0.717, 1.165) is 30.9 Å². The van der Waals surface area contributed by atoms with Crippen molar-refractivity contribution in [3.05, 3.63) is 54.0 Å². The van der Waals surface area contributed by atoms with Gasteiger partial charge in [-0.25, -0.2) is 4.98 Å². The van der Waals surface area contributed by atoms with E-state index in [9.17, 15) is 0 Å². The molecule has 1 fully saturated rings. The highest BCUT2D eigenvalue weighted by molar-refractivity contribution is 5.42. The van der Waals surface area contributed by atoms with Crippen molar-refractivity contribution >= 4 is 5.82 Å². The van der Waals surface area contributed by atoms with Gasteiger partial charge >= 0.3 is 0 Å². The van der Waals surface area contributed by atoms with E-state index in [2.05, 4.69) is 20.9 Å². The second-order valence-corrected chi connectivity index (χ2v) is 5.04. The van der Waals surface area contributed by atoms with Crippen molar-refractivity contribution in [3.8, 4) is 6.07 Å². The van der Waals surface area contributed by atoms with Gasteiger partial charge in [0.05, 0.1) is 18.3 Å². The first-order valence-electron chi connectivity index (χ1n) is 6.97. The summed E-state index contributed by atoms with van der Waals surface area (Å²) in [6.07, 6.45) is 6.38. The number of hydrogen-bond donors (Lipinski definition) is 0. The number of anilines is 1. The number of ether oxygens (including phenoxy) is 1. The highest BCUT2D eigenvalue weighted by atomic mass is 16.5. The molecule has 1 saturated heterocycles. The highest BCUT2D eigenvalue weighted by Crippen LogP contribution is 2.20. The molecular formula is C16H16N4O. The van der Waals surface area contributed by atoms with Crippen LogP contribution in [-0.4, -0.2) is 29.2 Å². The Kier molecular flexibility index (Phi) is 4.08. The van der Waals surface area contributed by atoms with Crippen LogP contribution in [0.4, 0.5) is 5.82 Å². The summed E-state index contributed by atoms with van der Waals surface area (Å²) in [4.78, 5) is 10.5. The minimum atomic E-state index is 0.218. The lowest BCUT2D eigenvalue weighted by Crippen LogP contribution is -2.23. The predicted molar refractivity (Wildman–Crippen MR) is 78.6 cm³/mol. The summed E-state index contributed by atoms with van der Waals surface area (Å²) >= 11 is 0. The Morgan fingerprint density at radius 3 is 2.86 bits per heavy atom. The van der Waals surface area contributed by atoms with Crippen LogP contribution in [0.15, 0.2) is 42.9 Å². The minimum Gasteiger partial charge on any atom is -0.372 e. The van der Waals surface area contributed by atoms with Crippen LogP contribution < -0.4 is 4.90 Å². The SMILES string of the molecule is N#Cc1ccc(N2CCC(OCc3ccncc3)C2)nc1. The number of hydrogen-bond acceptors (Lipinski definition) is 5. The topological polar surface area (TPSA) is 62.0 Å². The molecule has 0 radical (unpaired) electrons. The van der Waals surface area contributed by atoms with Crippen molar-refractivity contribution in [2.24, 2.45) is 0 Å². The Balaban J connectivity index is 1.54. The molecule has 1 aliphatic rings. The zero-order chi connectivity index (χ0) is 14.5. The summed E-state index contributed by atoms with van der Waals surface area (Å²) in [5.74, 6) is 0.906. The van der Waals surface area contributed by atoms with Crippen molar-refractivity contribution in [3.63, 3.8) is 0 Å². The number of pyridine rings is 2. The van der Waals surface area contributed by atoms with Gasteiger partial charge in [0, 0.05) is 31.7 Å². The van der Waals surface area contributed by atoms with E-state index in [0.29, 0.717) is 12.2 Å². The number of aromatic nitrogens is 2. The van der Waals surface area contributed by atoms with Gasteiger partial charge in [-0.3, -0.25) is 4.98 Å². The maximum atomic E-state index is 8.79. The summed E-state index contributed by atoms with van der Waals surface area (Å²) in [5.41, 5.74) is 1.73. The number of nitriles is 1. The molecule has 0 spiro atoms. The normalized spacial score (nSPS) is 17.7. The summed E-state index contributed by atoms with van der Waals surface area (Å²) in [7, 11) is 0. The average molecular weight is 280 g/mol. The fourth-order valence-electron chi connectivity index (χ4n) is 2.40. The summed E-state index contributed by atoms with van der Waals surface area (Å²) in [6, 6.07) is 9.71. The van der Waals surface area contributed by atoms with Gasteiger partial charge < -0.3 is 9.64 Å². The predicted octanol–water partition coefficient (Wildman–Crippen LogP) is 2.14. The molecule has 0 aliphatic carbocycles. The van der Waals surface area contributed by atoms with E-state index in [1.807, 2.05) is 18.2 Å². The van der Waals surface area contributed by atoms with Gasteiger partial charge in [-0.2, -0.15) is 5.26 Å². The molecule has 0 amide bonds. The van der Waals surface area contributed by atoms with Gasteiger partial charge in [0.2, 0.25) is 0 Å². The Labute approximate surface area is 123 Å². The fourth-order valence-corrected chi connectivity index (χ4v) is 2.40. The third kappa shape index (κ3) is 3.36. The van der Waals surface area contributed by atoms with Gasteiger partial charge in [-0.15, -0.1) is 0 Å².